The van der Waals surface area contributed by atoms with Crippen molar-refractivity contribution in [2.24, 2.45) is 0 Å². The Labute approximate surface area is 169 Å². The second kappa shape index (κ2) is 7.53. The highest BCUT2D eigenvalue weighted by molar-refractivity contribution is 6.35. The number of anilines is 1. The van der Waals surface area contributed by atoms with E-state index in [2.05, 4.69) is 5.32 Å². The first-order valence-electron chi connectivity index (χ1n) is 8.21. The topological polar surface area (TPSA) is 34.0 Å². The van der Waals surface area contributed by atoms with Crippen molar-refractivity contribution >= 4 is 34.8 Å². The number of carbonyl (C=O) groups is 1. The molecule has 3 rings (SSSR count). The van der Waals surface area contributed by atoms with Crippen molar-refractivity contribution in [2.75, 3.05) is 5.32 Å². The predicted molar refractivity (Wildman–Crippen MR) is 105 cm³/mol. The third-order valence-electron chi connectivity index (χ3n) is 4.25. The van der Waals surface area contributed by atoms with Crippen LogP contribution in [-0.4, -0.2) is 10.5 Å². The maximum atomic E-state index is 13.4. The Hall–Kier alpha value is -2.44. The van der Waals surface area contributed by atoms with Crippen molar-refractivity contribution in [2.45, 2.75) is 20.0 Å². The Kier molecular flexibility index (Phi) is 5.46. The molecule has 2 aromatic carbocycles. The van der Waals surface area contributed by atoms with Gasteiger partial charge < -0.3 is 9.88 Å². The molecule has 0 aliphatic carbocycles. The first kappa shape index (κ1) is 20.3. The predicted octanol–water partition coefficient (Wildman–Crippen LogP) is 6.67. The van der Waals surface area contributed by atoms with Gasteiger partial charge in [-0.05, 0) is 50.2 Å². The standard InChI is InChI=1S/C20H15Cl2F3N2O/c1-11-7-16(19(28)26-15-9-13(21)8-14(22)10-15)12(2)27(11)18-6-4-3-5-17(18)20(23,24)25/h3-10H,1-2H3,(H,26,28). The summed E-state index contributed by atoms with van der Waals surface area (Å²) in [5.41, 5.74) is 0.733. The lowest BCUT2D eigenvalue weighted by Crippen LogP contribution is -2.15. The number of hydrogen-bond acceptors (Lipinski definition) is 1. The van der Waals surface area contributed by atoms with Gasteiger partial charge in [0.2, 0.25) is 0 Å². The molecule has 3 aromatic rings. The van der Waals surface area contributed by atoms with Crippen LogP contribution in [0.2, 0.25) is 10.0 Å². The number of para-hydroxylation sites is 1. The Bertz CT molecular complexity index is 1040. The molecule has 1 N–H and O–H groups in total. The lowest BCUT2D eigenvalue weighted by atomic mass is 10.1. The fraction of sp³-hybridized carbons (Fsp3) is 0.150. The van der Waals surface area contributed by atoms with Crippen molar-refractivity contribution in [3.8, 4) is 5.69 Å². The second-order valence-corrected chi connectivity index (χ2v) is 7.12. The molecule has 0 atom stereocenters. The van der Waals surface area contributed by atoms with E-state index in [1.807, 2.05) is 0 Å². The molecule has 8 heteroatoms. The van der Waals surface area contributed by atoms with Crippen LogP contribution in [0.1, 0.15) is 27.3 Å². The number of carbonyl (C=O) groups excluding carboxylic acids is 1. The Balaban J connectivity index is 2.03. The van der Waals surface area contributed by atoms with Gasteiger partial charge in [0.15, 0.2) is 0 Å². The molecule has 28 heavy (non-hydrogen) atoms. The summed E-state index contributed by atoms with van der Waals surface area (Å²) < 4.78 is 41.6. The third-order valence-corrected chi connectivity index (χ3v) is 4.68. The summed E-state index contributed by atoms with van der Waals surface area (Å²) in [6.07, 6.45) is -4.51. The molecule has 3 nitrogen and oxygen atoms in total. The minimum absolute atomic E-state index is 0.0325. The minimum atomic E-state index is -4.51. The first-order chi connectivity index (χ1) is 13.1. The van der Waals surface area contributed by atoms with E-state index in [1.54, 1.807) is 19.9 Å². The van der Waals surface area contributed by atoms with Crippen molar-refractivity contribution in [1.82, 2.24) is 4.57 Å². The minimum Gasteiger partial charge on any atom is -0.322 e. The van der Waals surface area contributed by atoms with E-state index < -0.39 is 17.6 Å². The fourth-order valence-electron chi connectivity index (χ4n) is 3.10. The SMILES string of the molecule is Cc1cc(C(=O)Nc2cc(Cl)cc(Cl)c2)c(C)n1-c1ccccc1C(F)(F)F. The highest BCUT2D eigenvalue weighted by Crippen LogP contribution is 2.35. The number of rotatable bonds is 3. The highest BCUT2D eigenvalue weighted by Gasteiger charge is 2.34. The van der Waals surface area contributed by atoms with Crippen LogP contribution in [0.5, 0.6) is 0 Å². The number of nitrogens with zero attached hydrogens (tertiary/aromatic N) is 1. The average Bonchev–Trinajstić information content (AvgIpc) is 2.87. The molecule has 1 aromatic heterocycles. The molecule has 0 spiro atoms. The van der Waals surface area contributed by atoms with Crippen LogP contribution in [0.15, 0.2) is 48.5 Å². The van der Waals surface area contributed by atoms with E-state index in [1.165, 1.54) is 41.0 Å². The van der Waals surface area contributed by atoms with E-state index >= 15 is 0 Å². The van der Waals surface area contributed by atoms with Crippen LogP contribution in [0, 0.1) is 13.8 Å². The van der Waals surface area contributed by atoms with Gasteiger partial charge >= 0.3 is 6.18 Å². The molecule has 0 saturated carbocycles. The molecule has 0 fully saturated rings. The number of halogens is 5. The number of hydrogen-bond donors (Lipinski definition) is 1. The summed E-state index contributed by atoms with van der Waals surface area (Å²) in [5, 5.41) is 3.38. The lowest BCUT2D eigenvalue weighted by molar-refractivity contribution is -0.137. The van der Waals surface area contributed by atoms with E-state index in [0.29, 0.717) is 27.1 Å². The van der Waals surface area contributed by atoms with Crippen molar-refractivity contribution < 1.29 is 18.0 Å². The lowest BCUT2D eigenvalue weighted by Gasteiger charge is -2.16. The van der Waals surface area contributed by atoms with Gasteiger partial charge in [0, 0.05) is 27.1 Å². The van der Waals surface area contributed by atoms with Crippen LogP contribution in [0.4, 0.5) is 18.9 Å². The van der Waals surface area contributed by atoms with Crippen LogP contribution in [-0.2, 0) is 6.18 Å². The van der Waals surface area contributed by atoms with Gasteiger partial charge in [0.25, 0.3) is 5.91 Å². The number of benzene rings is 2. The van der Waals surface area contributed by atoms with Gasteiger partial charge in [-0.3, -0.25) is 4.79 Å². The molecule has 0 aliphatic heterocycles. The zero-order valence-electron chi connectivity index (χ0n) is 14.9. The molecule has 1 amide bonds. The normalized spacial score (nSPS) is 11.5. The van der Waals surface area contributed by atoms with Crippen molar-refractivity contribution in [3.63, 3.8) is 0 Å². The van der Waals surface area contributed by atoms with E-state index in [0.717, 1.165) is 6.07 Å². The van der Waals surface area contributed by atoms with Gasteiger partial charge in [0.1, 0.15) is 0 Å². The summed E-state index contributed by atoms with van der Waals surface area (Å²) in [4.78, 5) is 12.7. The van der Waals surface area contributed by atoms with Crippen molar-refractivity contribution in [1.29, 1.82) is 0 Å². The van der Waals surface area contributed by atoms with Crippen molar-refractivity contribution in [3.05, 3.63) is 81.1 Å². The summed E-state index contributed by atoms with van der Waals surface area (Å²) in [6, 6.07) is 11.4. The number of amides is 1. The second-order valence-electron chi connectivity index (χ2n) is 6.25. The van der Waals surface area contributed by atoms with E-state index in [-0.39, 0.29) is 11.3 Å². The third kappa shape index (κ3) is 4.03. The summed E-state index contributed by atoms with van der Waals surface area (Å²) in [5.74, 6) is -0.470. The Morgan fingerprint density at radius 3 is 2.21 bits per heavy atom. The number of alkyl halides is 3. The van der Waals surface area contributed by atoms with Crippen LogP contribution < -0.4 is 5.32 Å². The Morgan fingerprint density at radius 1 is 1.00 bits per heavy atom. The van der Waals surface area contributed by atoms with Gasteiger partial charge in [-0.15, -0.1) is 0 Å². The number of aromatic nitrogens is 1. The van der Waals surface area contributed by atoms with Crippen LogP contribution in [0.25, 0.3) is 5.69 Å². The molecule has 146 valence electrons. The molecule has 0 aliphatic rings. The summed E-state index contributed by atoms with van der Waals surface area (Å²) in [7, 11) is 0. The average molecular weight is 427 g/mol. The Morgan fingerprint density at radius 2 is 1.61 bits per heavy atom. The van der Waals surface area contributed by atoms with Crippen LogP contribution in [0.3, 0.4) is 0 Å². The maximum Gasteiger partial charge on any atom is 0.418 e. The number of nitrogens with one attached hydrogen (secondary N) is 1. The highest BCUT2D eigenvalue weighted by atomic mass is 35.5. The monoisotopic (exact) mass is 426 g/mol. The molecule has 0 unspecified atom stereocenters. The first-order valence-corrected chi connectivity index (χ1v) is 8.96. The summed E-state index contributed by atoms with van der Waals surface area (Å²) >= 11 is 11.9. The zero-order chi connectivity index (χ0) is 20.6. The van der Waals surface area contributed by atoms with Gasteiger partial charge in [-0.2, -0.15) is 13.2 Å². The molecular formula is C20H15Cl2F3N2O. The zero-order valence-corrected chi connectivity index (χ0v) is 16.4. The molecule has 0 radical (unpaired) electrons. The fourth-order valence-corrected chi connectivity index (χ4v) is 3.62. The smallest absolute Gasteiger partial charge is 0.322 e. The van der Waals surface area contributed by atoms with E-state index in [4.69, 9.17) is 23.2 Å². The maximum absolute atomic E-state index is 13.4. The quantitative estimate of drug-likeness (QED) is 0.498. The van der Waals surface area contributed by atoms with Crippen LogP contribution >= 0.6 is 23.2 Å². The molecular weight excluding hydrogens is 412 g/mol. The van der Waals surface area contributed by atoms with Gasteiger partial charge in [-0.25, -0.2) is 0 Å². The van der Waals surface area contributed by atoms with Gasteiger partial charge in [-0.1, -0.05) is 35.3 Å². The summed E-state index contributed by atoms with van der Waals surface area (Å²) in [6.45, 7) is 3.24. The molecule has 0 bridgehead atoms. The largest absolute Gasteiger partial charge is 0.418 e. The molecule has 1 heterocycles. The van der Waals surface area contributed by atoms with Gasteiger partial charge in [0.05, 0.1) is 16.8 Å². The molecule has 0 saturated heterocycles. The number of aryl methyl sites for hydroxylation is 1. The van der Waals surface area contributed by atoms with E-state index in [9.17, 15) is 18.0 Å².